The number of aromatic nitrogens is 1. The Bertz CT molecular complexity index is 270. The number of nitrogens with one attached hydrogen (secondary N) is 1. The molecule has 1 aliphatic rings. The molecule has 1 unspecified atom stereocenters. The van der Waals surface area contributed by atoms with Crippen molar-refractivity contribution in [3.05, 3.63) is 30.1 Å². The van der Waals surface area contributed by atoms with Gasteiger partial charge < -0.3 is 10.1 Å². The highest BCUT2D eigenvalue weighted by Crippen LogP contribution is 2.08. The lowest BCUT2D eigenvalue weighted by atomic mass is 10.1. The van der Waals surface area contributed by atoms with Crippen LogP contribution in [0.2, 0.25) is 0 Å². The molecule has 0 aliphatic carbocycles. The first-order valence-corrected chi connectivity index (χ1v) is 5.65. The van der Waals surface area contributed by atoms with E-state index in [1.165, 1.54) is 24.8 Å². The van der Waals surface area contributed by atoms with Crippen molar-refractivity contribution in [2.45, 2.75) is 31.9 Å². The molecule has 0 spiro atoms. The first-order chi connectivity index (χ1) is 7.45. The highest BCUT2D eigenvalue weighted by molar-refractivity contribution is 5.07. The van der Waals surface area contributed by atoms with Crippen LogP contribution in [0.4, 0.5) is 0 Å². The van der Waals surface area contributed by atoms with Crippen molar-refractivity contribution < 1.29 is 4.74 Å². The standard InChI is InChI=1S/C12H18N2O/c1-2-6-14-12(3-1)10-15-9-11-4-7-13-8-5-11/h4-5,7-8,12,14H,1-3,6,9-10H2. The average molecular weight is 206 g/mol. The molecule has 0 amide bonds. The molecule has 1 aromatic heterocycles. The van der Waals surface area contributed by atoms with Gasteiger partial charge in [0.15, 0.2) is 0 Å². The predicted molar refractivity (Wildman–Crippen MR) is 59.5 cm³/mol. The van der Waals surface area contributed by atoms with E-state index in [0.29, 0.717) is 12.6 Å². The molecule has 3 nitrogen and oxygen atoms in total. The molecular formula is C12H18N2O. The SMILES string of the molecule is c1cc(COCC2CCCCN2)ccn1. The molecule has 1 saturated heterocycles. The van der Waals surface area contributed by atoms with E-state index >= 15 is 0 Å². The van der Waals surface area contributed by atoms with Crippen LogP contribution in [0.1, 0.15) is 24.8 Å². The third kappa shape index (κ3) is 3.61. The van der Waals surface area contributed by atoms with Crippen LogP contribution in [0.3, 0.4) is 0 Å². The largest absolute Gasteiger partial charge is 0.375 e. The lowest BCUT2D eigenvalue weighted by Crippen LogP contribution is -2.37. The van der Waals surface area contributed by atoms with Crippen molar-refractivity contribution in [1.29, 1.82) is 0 Å². The monoisotopic (exact) mass is 206 g/mol. The zero-order valence-electron chi connectivity index (χ0n) is 8.98. The van der Waals surface area contributed by atoms with Crippen LogP contribution in [-0.4, -0.2) is 24.2 Å². The van der Waals surface area contributed by atoms with Crippen molar-refractivity contribution in [3.63, 3.8) is 0 Å². The number of rotatable bonds is 4. The quantitative estimate of drug-likeness (QED) is 0.814. The Kier molecular flexibility index (Phi) is 4.11. The van der Waals surface area contributed by atoms with E-state index in [-0.39, 0.29) is 0 Å². The van der Waals surface area contributed by atoms with E-state index in [2.05, 4.69) is 10.3 Å². The van der Waals surface area contributed by atoms with E-state index in [0.717, 1.165) is 13.2 Å². The minimum Gasteiger partial charge on any atom is -0.375 e. The third-order valence-electron chi connectivity index (χ3n) is 2.75. The summed E-state index contributed by atoms with van der Waals surface area (Å²) in [5.41, 5.74) is 1.20. The number of pyridine rings is 1. The van der Waals surface area contributed by atoms with E-state index in [4.69, 9.17) is 4.74 Å². The fraction of sp³-hybridized carbons (Fsp3) is 0.583. The maximum Gasteiger partial charge on any atom is 0.0718 e. The van der Waals surface area contributed by atoms with Crippen molar-refractivity contribution in [2.75, 3.05) is 13.2 Å². The second-order valence-electron chi connectivity index (χ2n) is 4.02. The molecule has 3 heteroatoms. The molecule has 2 rings (SSSR count). The molecule has 0 radical (unpaired) electrons. The first-order valence-electron chi connectivity index (χ1n) is 5.65. The van der Waals surface area contributed by atoms with Crippen LogP contribution in [-0.2, 0) is 11.3 Å². The summed E-state index contributed by atoms with van der Waals surface area (Å²) in [6.07, 6.45) is 7.49. The van der Waals surface area contributed by atoms with Crippen molar-refractivity contribution in [1.82, 2.24) is 10.3 Å². The summed E-state index contributed by atoms with van der Waals surface area (Å²) < 4.78 is 5.67. The summed E-state index contributed by atoms with van der Waals surface area (Å²) in [6, 6.07) is 4.54. The third-order valence-corrected chi connectivity index (χ3v) is 2.75. The molecule has 0 saturated carbocycles. The Hall–Kier alpha value is -0.930. The number of hydrogen-bond acceptors (Lipinski definition) is 3. The molecule has 82 valence electrons. The van der Waals surface area contributed by atoms with Gasteiger partial charge in [0.2, 0.25) is 0 Å². The van der Waals surface area contributed by atoms with Gasteiger partial charge in [0.1, 0.15) is 0 Å². The van der Waals surface area contributed by atoms with Gasteiger partial charge in [0.05, 0.1) is 13.2 Å². The number of piperidine rings is 1. The summed E-state index contributed by atoms with van der Waals surface area (Å²) >= 11 is 0. The Balaban J connectivity index is 1.66. The maximum atomic E-state index is 5.67. The van der Waals surface area contributed by atoms with Crippen LogP contribution < -0.4 is 5.32 Å². The van der Waals surface area contributed by atoms with Gasteiger partial charge >= 0.3 is 0 Å². The molecule has 1 aromatic rings. The Morgan fingerprint density at radius 3 is 2.93 bits per heavy atom. The van der Waals surface area contributed by atoms with Crippen molar-refractivity contribution >= 4 is 0 Å². The van der Waals surface area contributed by atoms with E-state index in [1.54, 1.807) is 12.4 Å². The van der Waals surface area contributed by atoms with Gasteiger partial charge in [0, 0.05) is 18.4 Å². The van der Waals surface area contributed by atoms with Crippen LogP contribution >= 0.6 is 0 Å². The van der Waals surface area contributed by atoms with Crippen LogP contribution in [0, 0.1) is 0 Å². The fourth-order valence-corrected chi connectivity index (χ4v) is 1.86. The molecular weight excluding hydrogens is 188 g/mol. The normalized spacial score (nSPS) is 21.5. The minimum absolute atomic E-state index is 0.556. The van der Waals surface area contributed by atoms with Gasteiger partial charge in [-0.1, -0.05) is 6.42 Å². The zero-order valence-corrected chi connectivity index (χ0v) is 8.98. The predicted octanol–water partition coefficient (Wildman–Crippen LogP) is 1.74. The molecule has 0 bridgehead atoms. The Labute approximate surface area is 90.9 Å². The summed E-state index contributed by atoms with van der Waals surface area (Å²) in [5, 5.41) is 3.47. The first kappa shape index (κ1) is 10.6. The van der Waals surface area contributed by atoms with Crippen LogP contribution in [0.15, 0.2) is 24.5 Å². The lowest BCUT2D eigenvalue weighted by Gasteiger charge is -2.23. The highest BCUT2D eigenvalue weighted by Gasteiger charge is 2.11. The molecule has 15 heavy (non-hydrogen) atoms. The molecule has 1 atom stereocenters. The highest BCUT2D eigenvalue weighted by atomic mass is 16.5. The summed E-state index contributed by atoms with van der Waals surface area (Å²) in [7, 11) is 0. The Morgan fingerprint density at radius 2 is 2.20 bits per heavy atom. The second-order valence-corrected chi connectivity index (χ2v) is 4.02. The summed E-state index contributed by atoms with van der Waals surface area (Å²) in [5.74, 6) is 0. The van der Waals surface area contributed by atoms with E-state index in [1.807, 2.05) is 12.1 Å². The number of ether oxygens (including phenoxy) is 1. The summed E-state index contributed by atoms with van der Waals surface area (Å²) in [4.78, 5) is 3.98. The van der Waals surface area contributed by atoms with Gasteiger partial charge in [-0.15, -0.1) is 0 Å². The molecule has 2 heterocycles. The van der Waals surface area contributed by atoms with Gasteiger partial charge in [0.25, 0.3) is 0 Å². The molecule has 1 fully saturated rings. The maximum absolute atomic E-state index is 5.67. The van der Waals surface area contributed by atoms with Gasteiger partial charge in [-0.2, -0.15) is 0 Å². The van der Waals surface area contributed by atoms with Gasteiger partial charge in [-0.05, 0) is 37.1 Å². The fourth-order valence-electron chi connectivity index (χ4n) is 1.86. The zero-order chi connectivity index (χ0) is 10.3. The van der Waals surface area contributed by atoms with Gasteiger partial charge in [-0.3, -0.25) is 4.98 Å². The summed E-state index contributed by atoms with van der Waals surface area (Å²) in [6.45, 7) is 2.66. The number of nitrogens with zero attached hydrogens (tertiary/aromatic N) is 1. The smallest absolute Gasteiger partial charge is 0.0718 e. The number of hydrogen-bond donors (Lipinski definition) is 1. The van der Waals surface area contributed by atoms with E-state index in [9.17, 15) is 0 Å². The van der Waals surface area contributed by atoms with Crippen molar-refractivity contribution in [3.8, 4) is 0 Å². The molecule has 1 N–H and O–H groups in total. The van der Waals surface area contributed by atoms with Crippen molar-refractivity contribution in [2.24, 2.45) is 0 Å². The average Bonchev–Trinajstić information content (AvgIpc) is 2.32. The second kappa shape index (κ2) is 5.83. The minimum atomic E-state index is 0.556. The lowest BCUT2D eigenvalue weighted by molar-refractivity contribution is 0.0911. The molecule has 1 aliphatic heterocycles. The van der Waals surface area contributed by atoms with Crippen LogP contribution in [0.5, 0.6) is 0 Å². The molecule has 0 aromatic carbocycles. The topological polar surface area (TPSA) is 34.1 Å². The van der Waals surface area contributed by atoms with Gasteiger partial charge in [-0.25, -0.2) is 0 Å². The van der Waals surface area contributed by atoms with E-state index < -0.39 is 0 Å². The Morgan fingerprint density at radius 1 is 1.33 bits per heavy atom. The van der Waals surface area contributed by atoms with Crippen LogP contribution in [0.25, 0.3) is 0 Å².